The van der Waals surface area contributed by atoms with E-state index in [0.29, 0.717) is 32.0 Å². The summed E-state index contributed by atoms with van der Waals surface area (Å²) in [6, 6.07) is 4.02. The van der Waals surface area contributed by atoms with Gasteiger partial charge in [0.25, 0.3) is 11.6 Å². The van der Waals surface area contributed by atoms with Crippen molar-refractivity contribution in [2.24, 2.45) is 5.73 Å². The Kier molecular flexibility index (Phi) is 8.18. The fourth-order valence-electron chi connectivity index (χ4n) is 3.32. The number of fused-ring (bicyclic) bond motifs is 1. The fraction of sp³-hybridized carbons (Fsp3) is 0.556. The van der Waals surface area contributed by atoms with Gasteiger partial charge in [0.05, 0.1) is 16.7 Å². The van der Waals surface area contributed by atoms with Crippen LogP contribution in [0, 0.1) is 10.1 Å². The van der Waals surface area contributed by atoms with E-state index >= 15 is 0 Å². The molecule has 0 unspecified atom stereocenters. The highest BCUT2D eigenvalue weighted by Gasteiger charge is 2.31. The number of likely N-dealkylation sites (tertiary alicyclic amines) is 1. The average molecular weight is 429 g/mol. The lowest BCUT2D eigenvalue weighted by Crippen LogP contribution is -2.49. The summed E-state index contributed by atoms with van der Waals surface area (Å²) in [5, 5.41) is 11.0. The summed E-state index contributed by atoms with van der Waals surface area (Å²) in [6.45, 7) is 1.93. The zero-order chi connectivity index (χ0) is 20.1. The maximum Gasteiger partial charge on any atom is 0.271 e. The minimum Gasteiger partial charge on any atom is -0.482 e. The Morgan fingerprint density at radius 3 is 2.72 bits per heavy atom. The van der Waals surface area contributed by atoms with Crippen molar-refractivity contribution in [2.45, 2.75) is 25.4 Å². The number of nitrogens with two attached hydrogens (primary N) is 1. The van der Waals surface area contributed by atoms with Gasteiger partial charge in [-0.15, -0.1) is 12.4 Å². The van der Waals surface area contributed by atoms with Gasteiger partial charge in [0.15, 0.2) is 6.61 Å². The molecule has 29 heavy (non-hydrogen) atoms. The lowest BCUT2D eigenvalue weighted by atomic mass is 10.1. The van der Waals surface area contributed by atoms with Crippen LogP contribution in [0.3, 0.4) is 0 Å². The van der Waals surface area contributed by atoms with Gasteiger partial charge in [0.2, 0.25) is 5.91 Å². The van der Waals surface area contributed by atoms with Crippen LogP contribution in [-0.4, -0.2) is 67.1 Å². The van der Waals surface area contributed by atoms with Crippen LogP contribution in [-0.2, 0) is 14.3 Å². The molecule has 2 aliphatic rings. The summed E-state index contributed by atoms with van der Waals surface area (Å²) in [5.74, 6) is -0.250. The standard InChI is InChI=1S/C18H24N4O6.ClH/c19-6-1-9-27-14-4-7-20(8-5-14)17(23)11-21-15-10-13(22(25)26)2-3-16(15)28-12-18(21)24;/h2-3,10,14H,1,4-9,11-12,19H2;1H. The summed E-state index contributed by atoms with van der Waals surface area (Å²) in [4.78, 5) is 38.4. The van der Waals surface area contributed by atoms with Crippen LogP contribution >= 0.6 is 12.4 Å². The third kappa shape index (κ3) is 5.55. The first-order valence-corrected chi connectivity index (χ1v) is 9.30. The molecule has 1 fully saturated rings. The molecule has 3 rings (SSSR count). The smallest absolute Gasteiger partial charge is 0.271 e. The number of rotatable bonds is 7. The largest absolute Gasteiger partial charge is 0.482 e. The molecule has 0 saturated carbocycles. The van der Waals surface area contributed by atoms with Crippen LogP contribution < -0.4 is 15.4 Å². The van der Waals surface area contributed by atoms with Crippen molar-refractivity contribution < 1.29 is 24.0 Å². The number of non-ortho nitro benzene ring substituents is 1. The van der Waals surface area contributed by atoms with Gasteiger partial charge in [0, 0.05) is 31.8 Å². The van der Waals surface area contributed by atoms with E-state index < -0.39 is 10.8 Å². The summed E-state index contributed by atoms with van der Waals surface area (Å²) >= 11 is 0. The van der Waals surface area contributed by atoms with Crippen molar-refractivity contribution in [1.82, 2.24) is 4.90 Å². The Balaban J connectivity index is 0.00000300. The number of ether oxygens (including phenoxy) is 2. The normalized spacial score (nSPS) is 16.7. The van der Waals surface area contributed by atoms with E-state index in [1.54, 1.807) is 4.90 Å². The second-order valence-corrected chi connectivity index (χ2v) is 6.77. The van der Waals surface area contributed by atoms with E-state index in [0.717, 1.165) is 19.3 Å². The fourth-order valence-corrected chi connectivity index (χ4v) is 3.32. The second kappa shape index (κ2) is 10.4. The first-order chi connectivity index (χ1) is 13.5. The van der Waals surface area contributed by atoms with Crippen molar-refractivity contribution in [2.75, 3.05) is 44.3 Å². The van der Waals surface area contributed by atoms with Crippen LogP contribution in [0.2, 0.25) is 0 Å². The van der Waals surface area contributed by atoms with E-state index in [2.05, 4.69) is 0 Å². The molecule has 0 aromatic heterocycles. The van der Waals surface area contributed by atoms with Crippen molar-refractivity contribution in [1.29, 1.82) is 0 Å². The minimum absolute atomic E-state index is 0. The Labute approximate surface area is 174 Å². The SMILES string of the molecule is Cl.NCCCOC1CCN(C(=O)CN2C(=O)COc3ccc([N+](=O)[O-])cc32)CC1. The second-order valence-electron chi connectivity index (χ2n) is 6.77. The van der Waals surface area contributed by atoms with Crippen LogP contribution in [0.4, 0.5) is 11.4 Å². The van der Waals surface area contributed by atoms with Crippen molar-refractivity contribution in [3.8, 4) is 5.75 Å². The summed E-state index contributed by atoms with van der Waals surface area (Å²) < 4.78 is 11.1. The molecule has 0 bridgehead atoms. The molecule has 160 valence electrons. The molecule has 1 saturated heterocycles. The molecule has 0 atom stereocenters. The van der Waals surface area contributed by atoms with Gasteiger partial charge < -0.3 is 20.1 Å². The van der Waals surface area contributed by atoms with Gasteiger partial charge in [-0.1, -0.05) is 0 Å². The highest BCUT2D eigenvalue weighted by atomic mass is 35.5. The molecule has 1 aromatic rings. The monoisotopic (exact) mass is 428 g/mol. The predicted molar refractivity (Wildman–Crippen MR) is 107 cm³/mol. The van der Waals surface area contributed by atoms with Crippen LogP contribution in [0.1, 0.15) is 19.3 Å². The van der Waals surface area contributed by atoms with E-state index in [1.165, 1.54) is 23.1 Å². The van der Waals surface area contributed by atoms with Gasteiger partial charge in [-0.25, -0.2) is 0 Å². The minimum atomic E-state index is -0.547. The van der Waals surface area contributed by atoms with E-state index in [4.69, 9.17) is 15.2 Å². The van der Waals surface area contributed by atoms with Gasteiger partial charge in [0.1, 0.15) is 12.3 Å². The van der Waals surface area contributed by atoms with Crippen LogP contribution in [0.25, 0.3) is 0 Å². The number of carbonyl (C=O) groups is 2. The van der Waals surface area contributed by atoms with Gasteiger partial charge in [-0.2, -0.15) is 0 Å². The van der Waals surface area contributed by atoms with Gasteiger partial charge in [-0.3, -0.25) is 24.6 Å². The topological polar surface area (TPSA) is 128 Å². The lowest BCUT2D eigenvalue weighted by Gasteiger charge is -2.34. The van der Waals surface area contributed by atoms with Gasteiger partial charge in [-0.05, 0) is 31.9 Å². The van der Waals surface area contributed by atoms with E-state index in [1.807, 2.05) is 0 Å². The van der Waals surface area contributed by atoms with E-state index in [9.17, 15) is 19.7 Å². The molecule has 0 spiro atoms. The molecule has 2 N–H and O–H groups in total. The number of hydrogen-bond donors (Lipinski definition) is 1. The Morgan fingerprint density at radius 1 is 1.34 bits per heavy atom. The maximum absolute atomic E-state index is 12.7. The number of carbonyl (C=O) groups excluding carboxylic acids is 2. The Bertz CT molecular complexity index is 754. The van der Waals surface area contributed by atoms with Crippen molar-refractivity contribution in [3.63, 3.8) is 0 Å². The van der Waals surface area contributed by atoms with Crippen LogP contribution in [0.15, 0.2) is 18.2 Å². The summed E-state index contributed by atoms with van der Waals surface area (Å²) in [6.07, 6.45) is 2.39. The first kappa shape index (κ1) is 22.9. The predicted octanol–water partition coefficient (Wildman–Crippen LogP) is 1.10. The number of hydrogen-bond acceptors (Lipinski definition) is 7. The van der Waals surface area contributed by atoms with Crippen molar-refractivity contribution >= 4 is 35.6 Å². The number of piperidine rings is 1. The molecule has 2 aliphatic heterocycles. The highest BCUT2D eigenvalue weighted by molar-refractivity contribution is 6.02. The molecular formula is C18H25ClN4O6. The Hall–Kier alpha value is -2.43. The number of nitro groups is 1. The average Bonchev–Trinajstić information content (AvgIpc) is 2.70. The lowest BCUT2D eigenvalue weighted by molar-refractivity contribution is -0.384. The highest BCUT2D eigenvalue weighted by Crippen LogP contribution is 2.35. The Morgan fingerprint density at radius 2 is 2.07 bits per heavy atom. The molecule has 11 heteroatoms. The summed E-state index contributed by atoms with van der Waals surface area (Å²) in [7, 11) is 0. The first-order valence-electron chi connectivity index (χ1n) is 9.30. The number of nitro benzene ring substituents is 1. The molecule has 2 heterocycles. The quantitative estimate of drug-likeness (QED) is 0.391. The van der Waals surface area contributed by atoms with Crippen molar-refractivity contribution in [3.05, 3.63) is 28.3 Å². The third-order valence-electron chi connectivity index (χ3n) is 4.89. The van der Waals surface area contributed by atoms with Gasteiger partial charge >= 0.3 is 0 Å². The summed E-state index contributed by atoms with van der Waals surface area (Å²) in [5.41, 5.74) is 5.54. The number of benzene rings is 1. The number of amides is 2. The molecule has 0 radical (unpaired) electrons. The van der Waals surface area contributed by atoms with Crippen LogP contribution in [0.5, 0.6) is 5.75 Å². The molecule has 1 aromatic carbocycles. The number of anilines is 1. The molecule has 2 amide bonds. The molecule has 10 nitrogen and oxygen atoms in total. The molecular weight excluding hydrogens is 404 g/mol. The molecule has 0 aliphatic carbocycles. The number of nitrogens with zero attached hydrogens (tertiary/aromatic N) is 3. The zero-order valence-corrected chi connectivity index (χ0v) is 16.8. The number of halogens is 1. The third-order valence-corrected chi connectivity index (χ3v) is 4.89. The van der Waals surface area contributed by atoms with E-state index in [-0.39, 0.29) is 48.9 Å². The zero-order valence-electron chi connectivity index (χ0n) is 16.0. The maximum atomic E-state index is 12.7.